The number of nitrogens with zero attached hydrogens (tertiary/aromatic N) is 1. The molecule has 42 heavy (non-hydrogen) atoms. The fourth-order valence-corrected chi connectivity index (χ4v) is 4.77. The van der Waals surface area contributed by atoms with Gasteiger partial charge in [0.1, 0.15) is 17.8 Å². The Morgan fingerprint density at radius 3 is 2.60 bits per heavy atom. The molecule has 0 saturated carbocycles. The summed E-state index contributed by atoms with van der Waals surface area (Å²) in [6, 6.07) is 1.31. The molecule has 0 radical (unpaired) electrons. The third kappa shape index (κ3) is 12.1. The van der Waals surface area contributed by atoms with E-state index in [2.05, 4.69) is 27.9 Å². The Kier molecular flexibility index (Phi) is 15.5. The van der Waals surface area contributed by atoms with Gasteiger partial charge in [0, 0.05) is 12.2 Å². The van der Waals surface area contributed by atoms with E-state index in [9.17, 15) is 28.4 Å². The summed E-state index contributed by atoms with van der Waals surface area (Å²) in [7, 11) is 0. The normalized spacial score (nSPS) is 19.8. The van der Waals surface area contributed by atoms with Crippen molar-refractivity contribution in [3.63, 3.8) is 0 Å². The van der Waals surface area contributed by atoms with Gasteiger partial charge in [-0.25, -0.2) is 14.2 Å². The van der Waals surface area contributed by atoms with E-state index in [1.807, 2.05) is 0 Å². The highest BCUT2D eigenvalue weighted by Crippen LogP contribution is 2.14. The van der Waals surface area contributed by atoms with Gasteiger partial charge in [-0.15, -0.1) is 0 Å². The van der Waals surface area contributed by atoms with Crippen molar-refractivity contribution < 1.29 is 33.1 Å². The second kappa shape index (κ2) is 18.8. The molecule has 12 heteroatoms. The average Bonchev–Trinajstić information content (AvgIpc) is 2.96. The molecule has 0 fully saturated rings. The van der Waals surface area contributed by atoms with Crippen LogP contribution in [-0.2, 0) is 30.5 Å². The van der Waals surface area contributed by atoms with Gasteiger partial charge in [-0.05, 0) is 44.4 Å². The second-order valence-electron chi connectivity index (χ2n) is 9.78. The van der Waals surface area contributed by atoms with E-state index < -0.39 is 47.3 Å². The number of hydrogen-bond acceptors (Lipinski definition) is 8. The van der Waals surface area contributed by atoms with Gasteiger partial charge in [-0.2, -0.15) is 0 Å². The van der Waals surface area contributed by atoms with Crippen LogP contribution in [0, 0.1) is 5.82 Å². The molecule has 1 aromatic rings. The zero-order valence-electron chi connectivity index (χ0n) is 24.5. The number of allylic oxidation sites excluding steroid dienone is 2. The van der Waals surface area contributed by atoms with E-state index in [0.29, 0.717) is 18.6 Å². The van der Waals surface area contributed by atoms with E-state index in [-0.39, 0.29) is 35.9 Å². The number of aromatic nitrogens is 1. The number of nitrogens with one attached hydrogen (secondary N) is 3. The zero-order chi connectivity index (χ0) is 30.9. The number of fused-ring (bicyclic) bond motifs is 2. The van der Waals surface area contributed by atoms with Crippen LogP contribution in [0.3, 0.4) is 0 Å². The van der Waals surface area contributed by atoms with Crippen LogP contribution in [0.15, 0.2) is 36.1 Å². The van der Waals surface area contributed by atoms with E-state index >= 15 is 0 Å². The van der Waals surface area contributed by atoms with E-state index in [0.717, 1.165) is 31.7 Å². The fraction of sp³-hybridized carbons (Fsp3) is 0.533. The van der Waals surface area contributed by atoms with E-state index in [4.69, 9.17) is 4.74 Å². The van der Waals surface area contributed by atoms with Crippen molar-refractivity contribution >= 4 is 40.6 Å². The summed E-state index contributed by atoms with van der Waals surface area (Å²) < 4.78 is 20.0. The topological polar surface area (TPSA) is 144 Å². The Morgan fingerprint density at radius 2 is 1.88 bits per heavy atom. The van der Waals surface area contributed by atoms with Crippen molar-refractivity contribution in [2.75, 3.05) is 5.75 Å². The van der Waals surface area contributed by atoms with Gasteiger partial charge in [0.15, 0.2) is 16.6 Å². The molecule has 1 aliphatic rings. The first-order valence-corrected chi connectivity index (χ1v) is 15.4. The predicted octanol–water partition coefficient (Wildman–Crippen LogP) is 4.25. The summed E-state index contributed by atoms with van der Waals surface area (Å²) in [5, 5.41) is 7.62. The number of unbranched alkanes of at least 4 members (excludes halogenated alkanes) is 4. The van der Waals surface area contributed by atoms with E-state index in [1.165, 1.54) is 37.2 Å². The van der Waals surface area contributed by atoms with Crippen LogP contribution in [0.1, 0.15) is 94.7 Å². The quantitative estimate of drug-likeness (QED) is 0.147. The summed E-state index contributed by atoms with van der Waals surface area (Å²) in [6.07, 6.45) is 10.2. The summed E-state index contributed by atoms with van der Waals surface area (Å²) in [4.78, 5) is 67.3. The van der Waals surface area contributed by atoms with Crippen LogP contribution < -0.4 is 16.0 Å². The molecule has 0 unspecified atom stereocenters. The first kappa shape index (κ1) is 34.7. The van der Waals surface area contributed by atoms with Crippen LogP contribution in [-0.4, -0.2) is 51.7 Å². The van der Waals surface area contributed by atoms with Gasteiger partial charge in [0.2, 0.25) is 5.91 Å². The maximum atomic E-state index is 14.4. The van der Waals surface area contributed by atoms with Crippen LogP contribution in [0.25, 0.3) is 0 Å². The van der Waals surface area contributed by atoms with Gasteiger partial charge in [-0.1, -0.05) is 63.4 Å². The van der Waals surface area contributed by atoms with Crippen LogP contribution in [0.2, 0.25) is 0 Å². The second-order valence-corrected chi connectivity index (χ2v) is 10.9. The van der Waals surface area contributed by atoms with Crippen LogP contribution in [0.5, 0.6) is 0 Å². The molecule has 0 aliphatic carbocycles. The molecule has 10 nitrogen and oxygen atoms in total. The molecule has 2 atom stereocenters. The molecule has 230 valence electrons. The van der Waals surface area contributed by atoms with Crippen molar-refractivity contribution in [2.24, 2.45) is 0 Å². The molecule has 0 aromatic carbocycles. The van der Waals surface area contributed by atoms with Crippen molar-refractivity contribution in [2.45, 2.75) is 97.2 Å². The highest BCUT2D eigenvalue weighted by Gasteiger charge is 2.27. The van der Waals surface area contributed by atoms with Crippen molar-refractivity contribution in [1.29, 1.82) is 0 Å². The number of pyridine rings is 1. The lowest BCUT2D eigenvalue weighted by atomic mass is 10.1. The Balaban J connectivity index is 2.12. The maximum absolute atomic E-state index is 14.4. The molecule has 1 aromatic heterocycles. The lowest BCUT2D eigenvalue weighted by Crippen LogP contribution is -2.46. The fourth-order valence-electron chi connectivity index (χ4n) is 4.00. The zero-order valence-corrected chi connectivity index (χ0v) is 25.3. The highest BCUT2D eigenvalue weighted by molar-refractivity contribution is 8.13. The van der Waals surface area contributed by atoms with E-state index in [1.54, 1.807) is 19.1 Å². The van der Waals surface area contributed by atoms with Gasteiger partial charge in [0.05, 0.1) is 18.7 Å². The summed E-state index contributed by atoms with van der Waals surface area (Å²) in [6.45, 7) is 5.21. The number of carbonyl (C=O) groups excluding carboxylic acids is 5. The van der Waals surface area contributed by atoms with Crippen molar-refractivity contribution in [1.82, 2.24) is 20.9 Å². The maximum Gasteiger partial charge on any atom is 0.329 e. The standard InChI is InChI=1S/C30H41FN4O6S/c1-4-7-8-9-10-14-26(37)42-17-12-11-13-21-18-25(36)32-19-20-15-16-22(31)27(33-20)29(39)34-23(5-2)28(38)35-24(6-3)30(40)41-21/h5,11,13,15-16,21,24H,4,6-10,12,14,17-19H2,1-3H3,(H,32,36)(H,34,39)(H,35,38)/b13-11+,23-5-/t21-,24+/m1/s1. The number of cyclic esters (lactones) is 1. The predicted molar refractivity (Wildman–Crippen MR) is 159 cm³/mol. The summed E-state index contributed by atoms with van der Waals surface area (Å²) in [5.74, 6) is -3.29. The Bertz CT molecular complexity index is 1170. The molecular formula is C30H41FN4O6S. The monoisotopic (exact) mass is 604 g/mol. The number of amides is 3. The number of ether oxygens (including phenoxy) is 1. The molecule has 2 heterocycles. The molecule has 0 spiro atoms. The number of rotatable bonds is 11. The summed E-state index contributed by atoms with van der Waals surface area (Å²) in [5.41, 5.74) is -0.514. The average molecular weight is 605 g/mol. The number of hydrogen-bond donors (Lipinski definition) is 3. The minimum Gasteiger partial charge on any atom is -0.456 e. The number of esters is 1. The van der Waals surface area contributed by atoms with Crippen LogP contribution in [0.4, 0.5) is 4.39 Å². The third-order valence-electron chi connectivity index (χ3n) is 6.40. The lowest BCUT2D eigenvalue weighted by Gasteiger charge is -2.21. The van der Waals surface area contributed by atoms with Gasteiger partial charge >= 0.3 is 5.97 Å². The minimum absolute atomic E-state index is 0.102. The number of halogens is 1. The molecule has 1 aliphatic heterocycles. The first-order chi connectivity index (χ1) is 20.2. The smallest absolute Gasteiger partial charge is 0.329 e. The summed E-state index contributed by atoms with van der Waals surface area (Å²) >= 11 is 1.26. The molecule has 0 saturated heterocycles. The van der Waals surface area contributed by atoms with Crippen LogP contribution >= 0.6 is 11.8 Å². The third-order valence-corrected chi connectivity index (χ3v) is 7.37. The molecule has 2 rings (SSSR count). The highest BCUT2D eigenvalue weighted by atomic mass is 32.2. The molecule has 2 bridgehead atoms. The molecule has 3 amide bonds. The largest absolute Gasteiger partial charge is 0.456 e. The van der Waals surface area contributed by atoms with Gasteiger partial charge in [0.25, 0.3) is 11.8 Å². The number of thioether (sulfide) groups is 1. The number of carbonyl (C=O) groups is 5. The SMILES string of the molecule is C/C=C1\NC(=O)c2nc(ccc2F)CNC(=O)C[C@@H](/C=C/CCSC(=O)CCCCCCC)OC(=O)[C@H](CC)NC1=O. The van der Waals surface area contributed by atoms with Crippen molar-refractivity contribution in [3.05, 3.63) is 53.3 Å². The molecular weight excluding hydrogens is 563 g/mol. The molecule has 3 N–H and O–H groups in total. The Morgan fingerprint density at radius 1 is 1.12 bits per heavy atom. The first-order valence-electron chi connectivity index (χ1n) is 14.4. The minimum atomic E-state index is -1.07. The lowest BCUT2D eigenvalue weighted by molar-refractivity contribution is -0.151. The Labute approximate surface area is 250 Å². The van der Waals surface area contributed by atoms with Crippen molar-refractivity contribution in [3.8, 4) is 0 Å². The Hall–Kier alpha value is -3.54. The van der Waals surface area contributed by atoms with Gasteiger partial charge < -0.3 is 20.7 Å². The van der Waals surface area contributed by atoms with Gasteiger partial charge in [-0.3, -0.25) is 19.2 Å².